The number of nitrogens with two attached hydrogens (primary N) is 1. The molecular weight excluding hydrogens is 272 g/mol. The number of carbonyl (C=O) groups is 1. The van der Waals surface area contributed by atoms with Gasteiger partial charge in [-0.15, -0.1) is 0 Å². The third-order valence-corrected chi connectivity index (χ3v) is 2.09. The fourth-order valence-corrected chi connectivity index (χ4v) is 1.05. The normalized spacial score (nSPS) is 9.13. The van der Waals surface area contributed by atoms with Gasteiger partial charge in [0.2, 0.25) is 0 Å². The molecule has 0 aliphatic carbocycles. The molecule has 0 aliphatic rings. The van der Waals surface area contributed by atoms with Crippen molar-refractivity contribution in [2.24, 2.45) is 0 Å². The van der Waals surface area contributed by atoms with E-state index in [4.69, 9.17) is 5.73 Å². The third kappa shape index (κ3) is 3.56. The zero-order valence-electron chi connectivity index (χ0n) is 8.18. The molecule has 84 valence electrons. The van der Waals surface area contributed by atoms with Crippen molar-refractivity contribution in [3.8, 4) is 0 Å². The molecule has 0 fully saturated rings. The van der Waals surface area contributed by atoms with Crippen LogP contribution in [0, 0.1) is 11.6 Å². The quantitative estimate of drug-likeness (QED) is 0.489. The Balaban J connectivity index is 0.000000583. The van der Waals surface area contributed by atoms with Gasteiger partial charge in [-0.25, -0.2) is 8.78 Å². The molecule has 1 rings (SSSR count). The lowest BCUT2D eigenvalue weighted by atomic mass is 10.2. The van der Waals surface area contributed by atoms with E-state index in [-0.39, 0.29) is 15.7 Å². The van der Waals surface area contributed by atoms with Crippen molar-refractivity contribution in [1.29, 1.82) is 0 Å². The van der Waals surface area contributed by atoms with Gasteiger partial charge >= 0.3 is 0 Å². The second-order valence-electron chi connectivity index (χ2n) is 2.52. The molecule has 1 aromatic rings. The topological polar surface area (TPSA) is 52.3 Å². The van der Waals surface area contributed by atoms with Gasteiger partial charge in [0, 0.05) is 19.8 Å². The van der Waals surface area contributed by atoms with Gasteiger partial charge < -0.3 is 10.5 Å². The molecule has 0 saturated carbocycles. The summed E-state index contributed by atoms with van der Waals surface area (Å²) in [5.74, 6) is -1.79. The number of rotatable bonds is 1. The highest BCUT2D eigenvalue weighted by Gasteiger charge is 2.13. The van der Waals surface area contributed by atoms with Gasteiger partial charge in [0.1, 0.15) is 5.82 Å². The molecule has 0 aromatic heterocycles. The Morgan fingerprint density at radius 1 is 1.47 bits per heavy atom. The molecule has 3 nitrogen and oxygen atoms in total. The molecule has 0 aliphatic heterocycles. The third-order valence-electron chi connectivity index (χ3n) is 1.36. The highest BCUT2D eigenvalue weighted by atomic mass is 79.9. The van der Waals surface area contributed by atoms with Gasteiger partial charge in [0.25, 0.3) is 0 Å². The summed E-state index contributed by atoms with van der Waals surface area (Å²) in [4.78, 5) is 10.2. The summed E-state index contributed by atoms with van der Waals surface area (Å²) in [5.41, 5.74) is 4.62. The molecular formula is C9H10BrF2NO2. The van der Waals surface area contributed by atoms with E-state index in [1.807, 2.05) is 0 Å². The number of methoxy groups -OCH3 is 1. The molecule has 0 bridgehead atoms. The van der Waals surface area contributed by atoms with Crippen molar-refractivity contribution in [2.75, 3.05) is 20.0 Å². The SMILES string of the molecule is COC.Nc1c(C=O)cc(F)c(Br)c1F. The maximum absolute atomic E-state index is 12.9. The molecule has 2 N–H and O–H groups in total. The predicted octanol–water partition coefficient (Wildman–Crippen LogP) is 2.38. The Labute approximate surface area is 94.3 Å². The van der Waals surface area contributed by atoms with Gasteiger partial charge in [-0.3, -0.25) is 4.79 Å². The van der Waals surface area contributed by atoms with Crippen LogP contribution in [0.4, 0.5) is 14.5 Å². The van der Waals surface area contributed by atoms with Crippen LogP contribution in [0.2, 0.25) is 0 Å². The van der Waals surface area contributed by atoms with E-state index in [2.05, 4.69) is 20.7 Å². The average Bonchev–Trinajstić information content (AvgIpc) is 2.21. The van der Waals surface area contributed by atoms with Crippen molar-refractivity contribution >= 4 is 27.9 Å². The molecule has 0 atom stereocenters. The fourth-order valence-electron chi connectivity index (χ4n) is 0.725. The Bertz CT molecular complexity index is 358. The van der Waals surface area contributed by atoms with E-state index in [0.29, 0.717) is 6.29 Å². The number of ether oxygens (including phenoxy) is 1. The first-order valence-corrected chi connectivity index (χ1v) is 4.57. The number of carbonyl (C=O) groups excluding carboxylic acids is 1. The van der Waals surface area contributed by atoms with Crippen LogP contribution >= 0.6 is 15.9 Å². The summed E-state index contributed by atoms with van der Waals surface area (Å²) in [7, 11) is 3.25. The van der Waals surface area contributed by atoms with Gasteiger partial charge in [-0.1, -0.05) is 0 Å². The summed E-state index contributed by atoms with van der Waals surface area (Å²) < 4.78 is 29.5. The summed E-state index contributed by atoms with van der Waals surface area (Å²) in [6.45, 7) is 0. The highest BCUT2D eigenvalue weighted by molar-refractivity contribution is 9.10. The largest absolute Gasteiger partial charge is 0.396 e. The molecule has 0 amide bonds. The predicted molar refractivity (Wildman–Crippen MR) is 56.8 cm³/mol. The molecule has 0 saturated heterocycles. The van der Waals surface area contributed by atoms with E-state index < -0.39 is 11.6 Å². The second kappa shape index (κ2) is 6.47. The highest BCUT2D eigenvalue weighted by Crippen LogP contribution is 2.26. The molecule has 0 radical (unpaired) electrons. The van der Waals surface area contributed by atoms with Gasteiger partial charge in [0.05, 0.1) is 10.2 Å². The zero-order valence-corrected chi connectivity index (χ0v) is 9.77. The fraction of sp³-hybridized carbons (Fsp3) is 0.222. The number of benzene rings is 1. The van der Waals surface area contributed by atoms with E-state index in [0.717, 1.165) is 6.07 Å². The van der Waals surface area contributed by atoms with Crippen molar-refractivity contribution < 1.29 is 18.3 Å². The standard InChI is InChI=1S/C7H4BrF2NO.C2H6O/c8-5-4(9)1-3(2-12)7(11)6(5)10;1-3-2/h1-2H,11H2;1-2H3. The van der Waals surface area contributed by atoms with Crippen molar-refractivity contribution in [3.63, 3.8) is 0 Å². The number of nitrogen functional groups attached to an aromatic ring is 1. The maximum Gasteiger partial charge on any atom is 0.163 e. The van der Waals surface area contributed by atoms with Crippen molar-refractivity contribution in [2.45, 2.75) is 0 Å². The van der Waals surface area contributed by atoms with Crippen LogP contribution in [0.15, 0.2) is 10.5 Å². The van der Waals surface area contributed by atoms with Crippen molar-refractivity contribution in [3.05, 3.63) is 27.7 Å². The summed E-state index contributed by atoms with van der Waals surface area (Å²) in [6.07, 6.45) is 0.300. The first-order chi connectivity index (χ1) is 6.99. The smallest absolute Gasteiger partial charge is 0.163 e. The van der Waals surface area contributed by atoms with Crippen molar-refractivity contribution in [1.82, 2.24) is 0 Å². The average molecular weight is 282 g/mol. The number of hydrogen-bond acceptors (Lipinski definition) is 3. The van der Waals surface area contributed by atoms with Crippen LogP contribution in [0.25, 0.3) is 0 Å². The van der Waals surface area contributed by atoms with Crippen LogP contribution in [0.5, 0.6) is 0 Å². The Kier molecular flexibility index (Phi) is 6.03. The minimum Gasteiger partial charge on any atom is -0.396 e. The summed E-state index contributed by atoms with van der Waals surface area (Å²) in [6, 6.07) is 0.871. The van der Waals surface area contributed by atoms with Crippen LogP contribution < -0.4 is 5.73 Å². The number of anilines is 1. The Hall–Kier alpha value is -1.01. The molecule has 0 unspecified atom stereocenters. The van der Waals surface area contributed by atoms with E-state index in [9.17, 15) is 13.6 Å². The second-order valence-corrected chi connectivity index (χ2v) is 3.31. The van der Waals surface area contributed by atoms with Crippen LogP contribution in [0.3, 0.4) is 0 Å². The monoisotopic (exact) mass is 281 g/mol. The summed E-state index contributed by atoms with van der Waals surface area (Å²) >= 11 is 2.65. The zero-order chi connectivity index (χ0) is 12.0. The van der Waals surface area contributed by atoms with Gasteiger partial charge in [0.15, 0.2) is 12.1 Å². The molecule has 0 heterocycles. The Morgan fingerprint density at radius 2 is 1.93 bits per heavy atom. The first kappa shape index (κ1) is 14.0. The van der Waals surface area contributed by atoms with Crippen LogP contribution in [0.1, 0.15) is 10.4 Å². The van der Waals surface area contributed by atoms with E-state index in [1.165, 1.54) is 0 Å². The minimum atomic E-state index is -0.947. The van der Waals surface area contributed by atoms with E-state index in [1.54, 1.807) is 14.2 Å². The lowest BCUT2D eigenvalue weighted by Gasteiger charge is -2.02. The molecule has 15 heavy (non-hydrogen) atoms. The van der Waals surface area contributed by atoms with Gasteiger partial charge in [-0.05, 0) is 22.0 Å². The molecule has 6 heteroatoms. The first-order valence-electron chi connectivity index (χ1n) is 3.77. The lowest BCUT2D eigenvalue weighted by molar-refractivity contribution is 0.112. The van der Waals surface area contributed by atoms with Crippen LogP contribution in [-0.4, -0.2) is 20.5 Å². The summed E-state index contributed by atoms with van der Waals surface area (Å²) in [5, 5.41) is 0. The number of aldehydes is 1. The number of hydrogen-bond donors (Lipinski definition) is 1. The molecule has 1 aromatic carbocycles. The Morgan fingerprint density at radius 3 is 2.33 bits per heavy atom. The van der Waals surface area contributed by atoms with Gasteiger partial charge in [-0.2, -0.15) is 0 Å². The van der Waals surface area contributed by atoms with Crippen LogP contribution in [-0.2, 0) is 4.74 Å². The minimum absolute atomic E-state index is 0.187. The number of halogens is 3. The molecule has 0 spiro atoms. The maximum atomic E-state index is 12.9. The lowest BCUT2D eigenvalue weighted by Crippen LogP contribution is -1.99. The van der Waals surface area contributed by atoms with E-state index >= 15 is 0 Å².